The lowest BCUT2D eigenvalue weighted by Gasteiger charge is -2.53. The number of amidine groups is 1. The fourth-order valence-electron chi connectivity index (χ4n) is 9.40. The largest absolute Gasteiger partial charge is 0.345 e. The highest BCUT2D eigenvalue weighted by atomic mass is 32.1. The summed E-state index contributed by atoms with van der Waals surface area (Å²) >= 11 is 1.56. The molecule has 6 aliphatic rings. The molecule has 1 spiro atoms. The smallest absolute Gasteiger partial charge is 0.263 e. The predicted molar refractivity (Wildman–Crippen MR) is 166 cm³/mol. The number of hydrogen-bond acceptors (Lipinski definition) is 5. The van der Waals surface area contributed by atoms with E-state index in [4.69, 9.17) is 4.99 Å². The van der Waals surface area contributed by atoms with E-state index in [1.807, 2.05) is 17.5 Å². The minimum absolute atomic E-state index is 0.144. The Balaban J connectivity index is 0.984. The van der Waals surface area contributed by atoms with Crippen LogP contribution in [0.15, 0.2) is 76.8 Å². The van der Waals surface area contributed by atoms with Crippen LogP contribution >= 0.6 is 11.3 Å². The lowest BCUT2D eigenvalue weighted by molar-refractivity contribution is -0.00658. The van der Waals surface area contributed by atoms with Crippen molar-refractivity contribution in [3.8, 4) is 0 Å². The molecule has 5 nitrogen and oxygen atoms in total. The zero-order valence-electron chi connectivity index (χ0n) is 24.3. The van der Waals surface area contributed by atoms with Crippen LogP contribution in [0.2, 0.25) is 0 Å². The molecule has 1 amide bonds. The average Bonchev–Trinajstić information content (AvgIpc) is 3.33. The van der Waals surface area contributed by atoms with Gasteiger partial charge in [0.1, 0.15) is 5.84 Å². The second kappa shape index (κ2) is 9.95. The van der Waals surface area contributed by atoms with Gasteiger partial charge in [-0.15, -0.1) is 11.3 Å². The van der Waals surface area contributed by atoms with Gasteiger partial charge in [-0.3, -0.25) is 9.69 Å². The van der Waals surface area contributed by atoms with Gasteiger partial charge in [0.05, 0.1) is 16.1 Å². The van der Waals surface area contributed by atoms with Crippen LogP contribution in [0.4, 0.5) is 0 Å². The number of benzene rings is 1. The van der Waals surface area contributed by atoms with E-state index < -0.39 is 0 Å². The molecular formula is C35H42N4OS. The van der Waals surface area contributed by atoms with Crippen molar-refractivity contribution in [1.82, 2.24) is 14.7 Å². The molecule has 4 aliphatic heterocycles. The third kappa shape index (κ3) is 4.19. The molecule has 4 unspecified atom stereocenters. The maximum atomic E-state index is 13.1. The molecule has 0 N–H and O–H groups in total. The van der Waals surface area contributed by atoms with Gasteiger partial charge >= 0.3 is 0 Å². The van der Waals surface area contributed by atoms with Crippen molar-refractivity contribution in [2.75, 3.05) is 19.6 Å². The first-order valence-corrected chi connectivity index (χ1v) is 16.8. The van der Waals surface area contributed by atoms with Gasteiger partial charge in [0, 0.05) is 37.1 Å². The van der Waals surface area contributed by atoms with Gasteiger partial charge in [0.25, 0.3) is 5.91 Å². The number of likely N-dealkylation sites (tertiary alicyclic amines) is 1. The summed E-state index contributed by atoms with van der Waals surface area (Å²) in [5.41, 5.74) is 3.12. The number of amides is 1. The Labute approximate surface area is 248 Å². The fraction of sp³-hybridized carbons (Fsp3) is 0.543. The molecule has 2 aromatic rings. The van der Waals surface area contributed by atoms with Crippen molar-refractivity contribution in [2.45, 2.75) is 93.8 Å². The number of aliphatic imine (C=N–C) groups is 1. The summed E-state index contributed by atoms with van der Waals surface area (Å²) in [4.78, 5) is 26.9. The summed E-state index contributed by atoms with van der Waals surface area (Å²) in [5, 5.41) is 2.01. The molecule has 3 saturated heterocycles. The molecular weight excluding hydrogens is 524 g/mol. The highest BCUT2D eigenvalue weighted by molar-refractivity contribution is 7.12. The van der Waals surface area contributed by atoms with E-state index >= 15 is 0 Å². The minimum Gasteiger partial charge on any atom is -0.345 e. The van der Waals surface area contributed by atoms with Gasteiger partial charge in [0.2, 0.25) is 0 Å². The molecule has 4 fully saturated rings. The van der Waals surface area contributed by atoms with Crippen LogP contribution in [-0.4, -0.2) is 69.7 Å². The number of nitrogens with zero attached hydrogens (tertiary/aromatic N) is 4. The Morgan fingerprint density at radius 1 is 1.02 bits per heavy atom. The minimum atomic E-state index is 0.144. The summed E-state index contributed by atoms with van der Waals surface area (Å²) < 4.78 is 0. The molecule has 2 aliphatic carbocycles. The Hall–Kier alpha value is -2.70. The van der Waals surface area contributed by atoms with Crippen LogP contribution in [-0.2, 0) is 5.41 Å². The van der Waals surface area contributed by atoms with Crippen LogP contribution in [0.25, 0.3) is 0 Å². The molecule has 1 saturated carbocycles. The van der Waals surface area contributed by atoms with Gasteiger partial charge < -0.3 is 9.80 Å². The second-order valence-corrected chi connectivity index (χ2v) is 14.4. The topological polar surface area (TPSA) is 39.1 Å². The van der Waals surface area contributed by atoms with E-state index in [2.05, 4.69) is 70.2 Å². The van der Waals surface area contributed by atoms with E-state index in [0.29, 0.717) is 24.0 Å². The molecule has 8 rings (SSSR count). The van der Waals surface area contributed by atoms with Crippen LogP contribution in [0.5, 0.6) is 0 Å². The van der Waals surface area contributed by atoms with Crippen LogP contribution < -0.4 is 0 Å². The van der Waals surface area contributed by atoms with Crippen molar-refractivity contribution in [1.29, 1.82) is 0 Å². The highest BCUT2D eigenvalue weighted by Gasteiger charge is 2.65. The lowest BCUT2D eigenvalue weighted by Crippen LogP contribution is -2.60. The quantitative estimate of drug-likeness (QED) is 0.393. The van der Waals surface area contributed by atoms with Crippen molar-refractivity contribution in [3.63, 3.8) is 0 Å². The number of rotatable bonds is 6. The van der Waals surface area contributed by atoms with Crippen molar-refractivity contribution < 1.29 is 4.79 Å². The average molecular weight is 567 g/mol. The van der Waals surface area contributed by atoms with Crippen LogP contribution in [0.3, 0.4) is 0 Å². The second-order valence-electron chi connectivity index (χ2n) is 13.5. The van der Waals surface area contributed by atoms with Crippen LogP contribution in [0, 0.1) is 5.92 Å². The molecule has 1 aromatic carbocycles. The normalized spacial score (nSPS) is 33.6. The van der Waals surface area contributed by atoms with E-state index in [0.717, 1.165) is 30.8 Å². The van der Waals surface area contributed by atoms with Crippen LogP contribution in [0.1, 0.15) is 79.9 Å². The number of fused-ring (bicyclic) bond motifs is 2. The molecule has 5 atom stereocenters. The van der Waals surface area contributed by atoms with Gasteiger partial charge in [-0.05, 0) is 93.3 Å². The Morgan fingerprint density at radius 3 is 2.54 bits per heavy atom. The zero-order chi connectivity index (χ0) is 27.6. The Morgan fingerprint density at radius 2 is 1.80 bits per heavy atom. The molecule has 41 heavy (non-hydrogen) atoms. The molecule has 0 radical (unpaired) electrons. The molecule has 5 heterocycles. The number of allylic oxidation sites excluding steroid dienone is 2. The number of hydrogen-bond donors (Lipinski definition) is 0. The molecule has 1 aromatic heterocycles. The summed E-state index contributed by atoms with van der Waals surface area (Å²) in [6, 6.07) is 17.1. The summed E-state index contributed by atoms with van der Waals surface area (Å²) in [6.07, 6.45) is 18.0. The SMILES string of the molecule is CC1=NC2=CC=CC3CC23N1C1CC2CCC[C@H](C1)N2CCC1(c2ccccc2)CCN(C(=O)c2cccs2)CC1. The van der Waals surface area contributed by atoms with Gasteiger partial charge in [-0.25, -0.2) is 4.99 Å². The third-order valence-electron chi connectivity index (χ3n) is 11.5. The standard InChI is InChI=1S/C35H42N4OS/c1-25-36-32-14-5-10-27-24-35(27,32)39(25)30-22-28-11-6-12-29(23-30)38(28)20-17-34(26-8-3-2-4-9-26)15-18-37(19-16-34)33(40)31-13-7-21-41-31/h2-5,7-10,13-14,21,27-30H,6,11-12,15-20,22-24H2,1H3/t27?,28-,29?,30?,35?/m1/s1. The monoisotopic (exact) mass is 566 g/mol. The molecule has 6 heteroatoms. The van der Waals surface area contributed by atoms with Gasteiger partial charge in [-0.2, -0.15) is 0 Å². The number of carbonyl (C=O) groups excluding carboxylic acids is 1. The Bertz CT molecular complexity index is 1370. The van der Waals surface area contributed by atoms with E-state index in [-0.39, 0.29) is 16.9 Å². The molecule has 2 bridgehead atoms. The number of piperidine rings is 3. The van der Waals surface area contributed by atoms with Gasteiger partial charge in [-0.1, -0.05) is 55.0 Å². The summed E-state index contributed by atoms with van der Waals surface area (Å²) in [6.45, 7) is 5.12. The number of carbonyl (C=O) groups is 1. The maximum absolute atomic E-state index is 13.1. The van der Waals surface area contributed by atoms with E-state index in [9.17, 15) is 4.79 Å². The lowest BCUT2D eigenvalue weighted by atomic mass is 9.69. The van der Waals surface area contributed by atoms with E-state index in [1.165, 1.54) is 68.6 Å². The molecule has 214 valence electrons. The van der Waals surface area contributed by atoms with Crippen molar-refractivity contribution in [2.24, 2.45) is 10.9 Å². The first kappa shape index (κ1) is 26.0. The fourth-order valence-corrected chi connectivity index (χ4v) is 10.1. The predicted octanol–water partition coefficient (Wildman–Crippen LogP) is 6.64. The first-order valence-electron chi connectivity index (χ1n) is 16.0. The third-order valence-corrected chi connectivity index (χ3v) is 12.4. The summed E-state index contributed by atoms with van der Waals surface area (Å²) in [7, 11) is 0. The first-order chi connectivity index (χ1) is 20.1. The van der Waals surface area contributed by atoms with Crippen molar-refractivity contribution in [3.05, 3.63) is 82.2 Å². The Kier molecular flexibility index (Phi) is 6.30. The zero-order valence-corrected chi connectivity index (χ0v) is 25.1. The maximum Gasteiger partial charge on any atom is 0.263 e. The highest BCUT2D eigenvalue weighted by Crippen LogP contribution is 2.61. The summed E-state index contributed by atoms with van der Waals surface area (Å²) in [5.74, 6) is 2.12. The van der Waals surface area contributed by atoms with Crippen molar-refractivity contribution >= 4 is 23.1 Å². The van der Waals surface area contributed by atoms with Gasteiger partial charge in [0.15, 0.2) is 0 Å². The number of thiophene rings is 1. The van der Waals surface area contributed by atoms with E-state index in [1.54, 1.807) is 11.3 Å².